The van der Waals surface area contributed by atoms with E-state index in [4.69, 9.17) is 27.9 Å². The van der Waals surface area contributed by atoms with Gasteiger partial charge in [-0.2, -0.15) is 0 Å². The Labute approximate surface area is 137 Å². The number of amides is 1. The molecular weight excluding hydrogens is 327 g/mol. The molecule has 2 rings (SSSR count). The van der Waals surface area contributed by atoms with Gasteiger partial charge in [0.2, 0.25) is 0 Å². The third-order valence-corrected chi connectivity index (χ3v) is 3.54. The number of hydrogen-bond acceptors (Lipinski definition) is 4. The molecule has 2 aromatic rings. The lowest BCUT2D eigenvalue weighted by molar-refractivity contribution is 0.0840. The van der Waals surface area contributed by atoms with Gasteiger partial charge in [-0.05, 0) is 24.3 Å². The van der Waals surface area contributed by atoms with E-state index in [1.54, 1.807) is 36.4 Å². The molecule has 0 aliphatic heterocycles. The zero-order valence-electron chi connectivity index (χ0n) is 11.5. The minimum atomic E-state index is -0.886. The standard InChI is InChI=1S/C15H14Cl2N2O3/c16-11-4-3-6-13(14(11)17)22-9-10(20)8-19-15(21)12-5-1-2-7-18-12/h1-7,10,20H,8-9H2,(H,19,21)/t10-/m1/s1. The number of hydrogen-bond donors (Lipinski definition) is 2. The predicted octanol–water partition coefficient (Wildman–Crippen LogP) is 2.56. The molecule has 1 aromatic carbocycles. The van der Waals surface area contributed by atoms with E-state index in [1.165, 1.54) is 6.20 Å². The van der Waals surface area contributed by atoms with Crippen LogP contribution in [0.4, 0.5) is 0 Å². The van der Waals surface area contributed by atoms with E-state index in [2.05, 4.69) is 10.3 Å². The largest absolute Gasteiger partial charge is 0.489 e. The summed E-state index contributed by atoms with van der Waals surface area (Å²) < 4.78 is 5.38. The highest BCUT2D eigenvalue weighted by Crippen LogP contribution is 2.31. The molecule has 1 aromatic heterocycles. The molecule has 0 radical (unpaired) electrons. The molecule has 0 fully saturated rings. The smallest absolute Gasteiger partial charge is 0.269 e. The first-order valence-corrected chi connectivity index (χ1v) is 7.27. The first kappa shape index (κ1) is 16.5. The van der Waals surface area contributed by atoms with E-state index in [1.807, 2.05) is 0 Å². The van der Waals surface area contributed by atoms with Crippen molar-refractivity contribution in [2.75, 3.05) is 13.2 Å². The van der Waals surface area contributed by atoms with Crippen LogP contribution in [-0.2, 0) is 0 Å². The second-order valence-electron chi connectivity index (χ2n) is 4.44. The van der Waals surface area contributed by atoms with Gasteiger partial charge >= 0.3 is 0 Å². The second-order valence-corrected chi connectivity index (χ2v) is 5.23. The van der Waals surface area contributed by atoms with Gasteiger partial charge in [0.25, 0.3) is 5.91 Å². The van der Waals surface area contributed by atoms with Crippen LogP contribution in [0.5, 0.6) is 5.75 Å². The number of aliphatic hydroxyl groups excluding tert-OH is 1. The average molecular weight is 341 g/mol. The summed E-state index contributed by atoms with van der Waals surface area (Å²) in [6, 6.07) is 9.99. The lowest BCUT2D eigenvalue weighted by atomic mass is 10.3. The van der Waals surface area contributed by atoms with Gasteiger partial charge in [-0.15, -0.1) is 0 Å². The topological polar surface area (TPSA) is 71.5 Å². The van der Waals surface area contributed by atoms with Gasteiger partial charge in [0, 0.05) is 12.7 Å². The molecule has 0 aliphatic rings. The summed E-state index contributed by atoms with van der Waals surface area (Å²) in [6.45, 7) is 0.0101. The third kappa shape index (κ3) is 4.59. The zero-order valence-corrected chi connectivity index (χ0v) is 13.0. The Kier molecular flexibility index (Phi) is 6.00. The van der Waals surface area contributed by atoms with Gasteiger partial charge in [0.1, 0.15) is 29.2 Å². The van der Waals surface area contributed by atoms with Crippen molar-refractivity contribution in [1.82, 2.24) is 10.3 Å². The molecule has 0 saturated heterocycles. The number of ether oxygens (including phenoxy) is 1. The summed E-state index contributed by atoms with van der Waals surface area (Å²) in [5.74, 6) is 0.0182. The summed E-state index contributed by atoms with van der Waals surface area (Å²) in [5.41, 5.74) is 0.286. The molecule has 7 heteroatoms. The molecule has 1 amide bonds. The summed E-state index contributed by atoms with van der Waals surface area (Å²) in [7, 11) is 0. The number of benzene rings is 1. The number of halogens is 2. The lowest BCUT2D eigenvalue weighted by Crippen LogP contribution is -2.35. The van der Waals surface area contributed by atoms with Crippen molar-refractivity contribution in [3.63, 3.8) is 0 Å². The molecular formula is C15H14Cl2N2O3. The molecule has 0 spiro atoms. The van der Waals surface area contributed by atoms with E-state index in [0.29, 0.717) is 10.8 Å². The van der Waals surface area contributed by atoms with Gasteiger partial charge < -0.3 is 15.2 Å². The zero-order chi connectivity index (χ0) is 15.9. The number of carbonyl (C=O) groups is 1. The third-order valence-electron chi connectivity index (χ3n) is 2.74. The number of nitrogens with one attached hydrogen (secondary N) is 1. The van der Waals surface area contributed by atoms with Crippen LogP contribution in [0.25, 0.3) is 0 Å². The Morgan fingerprint density at radius 3 is 2.82 bits per heavy atom. The first-order chi connectivity index (χ1) is 10.6. The van der Waals surface area contributed by atoms with Crippen molar-refractivity contribution in [2.45, 2.75) is 6.10 Å². The van der Waals surface area contributed by atoms with Crippen molar-refractivity contribution >= 4 is 29.1 Å². The monoisotopic (exact) mass is 340 g/mol. The van der Waals surface area contributed by atoms with E-state index in [9.17, 15) is 9.90 Å². The van der Waals surface area contributed by atoms with E-state index < -0.39 is 6.10 Å². The van der Waals surface area contributed by atoms with Gasteiger partial charge in [-0.1, -0.05) is 35.3 Å². The van der Waals surface area contributed by atoms with Crippen LogP contribution in [-0.4, -0.2) is 35.3 Å². The van der Waals surface area contributed by atoms with Crippen LogP contribution in [0.2, 0.25) is 10.0 Å². The molecule has 22 heavy (non-hydrogen) atoms. The second kappa shape index (κ2) is 7.98. The predicted molar refractivity (Wildman–Crippen MR) is 84.5 cm³/mol. The highest BCUT2D eigenvalue weighted by Gasteiger charge is 2.12. The molecule has 0 bridgehead atoms. The maximum atomic E-state index is 11.8. The van der Waals surface area contributed by atoms with Gasteiger partial charge in [-0.3, -0.25) is 9.78 Å². The molecule has 116 valence electrons. The fraction of sp³-hybridized carbons (Fsp3) is 0.200. The highest BCUT2D eigenvalue weighted by molar-refractivity contribution is 6.42. The number of pyridine rings is 1. The maximum Gasteiger partial charge on any atom is 0.269 e. The molecule has 1 atom stereocenters. The van der Waals surface area contributed by atoms with Crippen LogP contribution < -0.4 is 10.1 Å². The van der Waals surface area contributed by atoms with Crippen molar-refractivity contribution in [2.24, 2.45) is 0 Å². The Morgan fingerprint density at radius 2 is 2.09 bits per heavy atom. The highest BCUT2D eigenvalue weighted by atomic mass is 35.5. The van der Waals surface area contributed by atoms with Gasteiger partial charge in [0.15, 0.2) is 0 Å². The number of aliphatic hydroxyl groups is 1. The molecule has 0 saturated carbocycles. The van der Waals surface area contributed by atoms with Gasteiger partial charge in [0.05, 0.1) is 5.02 Å². The van der Waals surface area contributed by atoms with E-state index >= 15 is 0 Å². The quantitative estimate of drug-likeness (QED) is 0.847. The summed E-state index contributed by atoms with van der Waals surface area (Å²) in [5, 5.41) is 13.1. The lowest BCUT2D eigenvalue weighted by Gasteiger charge is -2.14. The maximum absolute atomic E-state index is 11.8. The van der Waals surface area contributed by atoms with Crippen molar-refractivity contribution in [3.8, 4) is 5.75 Å². The molecule has 1 heterocycles. The Hall–Kier alpha value is -1.82. The van der Waals surface area contributed by atoms with Crippen LogP contribution >= 0.6 is 23.2 Å². The van der Waals surface area contributed by atoms with Crippen molar-refractivity contribution < 1.29 is 14.6 Å². The molecule has 0 unspecified atom stereocenters. The Morgan fingerprint density at radius 1 is 1.27 bits per heavy atom. The van der Waals surface area contributed by atoms with E-state index in [-0.39, 0.29) is 29.8 Å². The molecule has 2 N–H and O–H groups in total. The van der Waals surface area contributed by atoms with Crippen LogP contribution in [0.15, 0.2) is 42.6 Å². The summed E-state index contributed by atoms with van der Waals surface area (Å²) in [6.07, 6.45) is 0.637. The van der Waals surface area contributed by atoms with E-state index in [0.717, 1.165) is 0 Å². The number of rotatable bonds is 6. The van der Waals surface area contributed by atoms with Gasteiger partial charge in [-0.25, -0.2) is 0 Å². The normalized spacial score (nSPS) is 11.8. The summed E-state index contributed by atoms with van der Waals surface area (Å²) >= 11 is 11.8. The van der Waals surface area contributed by atoms with Crippen molar-refractivity contribution in [1.29, 1.82) is 0 Å². The molecule has 5 nitrogen and oxygen atoms in total. The minimum Gasteiger partial charge on any atom is -0.489 e. The number of nitrogens with zero attached hydrogens (tertiary/aromatic N) is 1. The Balaban J connectivity index is 1.80. The van der Waals surface area contributed by atoms with Crippen LogP contribution in [0.3, 0.4) is 0 Å². The van der Waals surface area contributed by atoms with Crippen molar-refractivity contribution in [3.05, 3.63) is 58.3 Å². The molecule has 0 aliphatic carbocycles. The van der Waals surface area contributed by atoms with Crippen LogP contribution in [0.1, 0.15) is 10.5 Å². The number of carbonyl (C=O) groups excluding carboxylic acids is 1. The fourth-order valence-electron chi connectivity index (χ4n) is 1.64. The number of aromatic nitrogens is 1. The first-order valence-electron chi connectivity index (χ1n) is 6.52. The Bertz CT molecular complexity index is 638. The summed E-state index contributed by atoms with van der Waals surface area (Å²) in [4.78, 5) is 15.7. The van der Waals surface area contributed by atoms with Crippen LogP contribution in [0, 0.1) is 0 Å². The minimum absolute atomic E-state index is 0.0252. The fourth-order valence-corrected chi connectivity index (χ4v) is 1.98. The SMILES string of the molecule is O=C(NC[C@@H](O)COc1cccc(Cl)c1Cl)c1ccccn1. The average Bonchev–Trinajstić information content (AvgIpc) is 2.54.